The Morgan fingerprint density at radius 2 is 1.50 bits per heavy atom. The van der Waals surface area contributed by atoms with Gasteiger partial charge in [-0.25, -0.2) is 0 Å². The summed E-state index contributed by atoms with van der Waals surface area (Å²) in [6, 6.07) is 20.7. The standard InChI is InChI=1S/C23H31N5O.HI/c1-24-23(26-18-22(29)25-13-12-20-8-4-2-5-9-20)28-16-14-27(15-17-28)19-21-10-6-3-7-11-21;/h2-11H,12-19H2,1H3,(H,24,26)(H,25,29);1H. The van der Waals surface area contributed by atoms with Crippen LogP contribution in [-0.4, -0.2) is 68.0 Å². The number of nitrogens with one attached hydrogen (secondary N) is 2. The molecule has 2 aromatic carbocycles. The van der Waals surface area contributed by atoms with Gasteiger partial charge in [0, 0.05) is 46.3 Å². The maximum absolute atomic E-state index is 12.1. The minimum Gasteiger partial charge on any atom is -0.354 e. The van der Waals surface area contributed by atoms with Crippen LogP contribution in [0.4, 0.5) is 0 Å². The molecule has 1 saturated heterocycles. The van der Waals surface area contributed by atoms with Gasteiger partial charge in [0.15, 0.2) is 5.96 Å². The zero-order chi connectivity index (χ0) is 20.3. The fourth-order valence-electron chi connectivity index (χ4n) is 3.50. The highest BCUT2D eigenvalue weighted by Crippen LogP contribution is 2.08. The van der Waals surface area contributed by atoms with Gasteiger partial charge in [-0.05, 0) is 17.5 Å². The fourth-order valence-corrected chi connectivity index (χ4v) is 3.50. The molecule has 1 amide bonds. The van der Waals surface area contributed by atoms with Crippen LogP contribution in [0.15, 0.2) is 65.7 Å². The van der Waals surface area contributed by atoms with Gasteiger partial charge in [0.05, 0.1) is 6.54 Å². The molecule has 0 spiro atoms. The number of hydrogen-bond donors (Lipinski definition) is 2. The van der Waals surface area contributed by atoms with E-state index >= 15 is 0 Å². The molecule has 0 unspecified atom stereocenters. The number of piperazine rings is 1. The Hall–Kier alpha value is -2.13. The number of carbonyl (C=O) groups is 1. The first-order chi connectivity index (χ1) is 14.2. The lowest BCUT2D eigenvalue weighted by molar-refractivity contribution is -0.120. The third-order valence-electron chi connectivity index (χ3n) is 5.12. The summed E-state index contributed by atoms with van der Waals surface area (Å²) in [7, 11) is 1.77. The largest absolute Gasteiger partial charge is 0.354 e. The monoisotopic (exact) mass is 521 g/mol. The fraction of sp³-hybridized carbons (Fsp3) is 0.391. The third-order valence-corrected chi connectivity index (χ3v) is 5.12. The second kappa shape index (κ2) is 13.2. The van der Waals surface area contributed by atoms with E-state index in [9.17, 15) is 4.79 Å². The van der Waals surface area contributed by atoms with Crippen molar-refractivity contribution in [1.29, 1.82) is 0 Å². The molecule has 2 N–H and O–H groups in total. The lowest BCUT2D eigenvalue weighted by Crippen LogP contribution is -2.53. The topological polar surface area (TPSA) is 60.0 Å². The molecule has 6 nitrogen and oxygen atoms in total. The number of benzene rings is 2. The molecule has 1 heterocycles. The summed E-state index contributed by atoms with van der Waals surface area (Å²) >= 11 is 0. The minimum absolute atomic E-state index is 0. The van der Waals surface area contributed by atoms with Gasteiger partial charge in [0.2, 0.25) is 5.91 Å². The first-order valence-electron chi connectivity index (χ1n) is 10.3. The summed E-state index contributed by atoms with van der Waals surface area (Å²) in [5, 5.41) is 6.16. The predicted molar refractivity (Wildman–Crippen MR) is 133 cm³/mol. The molecule has 7 heteroatoms. The number of amides is 1. The molecule has 0 atom stereocenters. The van der Waals surface area contributed by atoms with Crippen molar-refractivity contribution < 1.29 is 4.79 Å². The SMILES string of the molecule is CN=C(NCC(=O)NCCc1ccccc1)N1CCN(Cc2ccccc2)CC1.I. The molecular formula is C23H32IN5O. The number of nitrogens with zero attached hydrogens (tertiary/aromatic N) is 3. The maximum Gasteiger partial charge on any atom is 0.239 e. The molecule has 162 valence electrons. The van der Waals surface area contributed by atoms with Gasteiger partial charge in [-0.1, -0.05) is 60.7 Å². The van der Waals surface area contributed by atoms with Crippen molar-refractivity contribution >= 4 is 35.8 Å². The van der Waals surface area contributed by atoms with Gasteiger partial charge in [-0.15, -0.1) is 24.0 Å². The number of rotatable bonds is 7. The Bertz CT molecular complexity index is 777. The summed E-state index contributed by atoms with van der Waals surface area (Å²) < 4.78 is 0. The average molecular weight is 521 g/mol. The Balaban J connectivity index is 0.00000320. The van der Waals surface area contributed by atoms with E-state index in [0.717, 1.165) is 45.1 Å². The summed E-state index contributed by atoms with van der Waals surface area (Å²) in [5.74, 6) is 0.785. The normalized spacial score (nSPS) is 14.7. The molecule has 1 fully saturated rings. The van der Waals surface area contributed by atoms with Crippen LogP contribution in [0, 0.1) is 0 Å². The van der Waals surface area contributed by atoms with Gasteiger partial charge in [0.25, 0.3) is 0 Å². The van der Waals surface area contributed by atoms with E-state index in [2.05, 4.69) is 67.9 Å². The molecule has 0 aromatic heterocycles. The molecule has 0 radical (unpaired) electrons. The molecule has 1 aliphatic heterocycles. The predicted octanol–water partition coefficient (Wildman–Crippen LogP) is 2.36. The smallest absolute Gasteiger partial charge is 0.239 e. The van der Waals surface area contributed by atoms with Crippen LogP contribution in [-0.2, 0) is 17.8 Å². The highest BCUT2D eigenvalue weighted by molar-refractivity contribution is 14.0. The van der Waals surface area contributed by atoms with Crippen LogP contribution in [0.5, 0.6) is 0 Å². The van der Waals surface area contributed by atoms with E-state index in [1.165, 1.54) is 11.1 Å². The lowest BCUT2D eigenvalue weighted by Gasteiger charge is -2.36. The molecule has 30 heavy (non-hydrogen) atoms. The molecule has 0 saturated carbocycles. The van der Waals surface area contributed by atoms with Crippen molar-refractivity contribution in [1.82, 2.24) is 20.4 Å². The lowest BCUT2D eigenvalue weighted by atomic mass is 10.1. The summed E-state index contributed by atoms with van der Waals surface area (Å²) in [4.78, 5) is 21.2. The van der Waals surface area contributed by atoms with Crippen LogP contribution in [0.25, 0.3) is 0 Å². The average Bonchev–Trinajstić information content (AvgIpc) is 2.77. The zero-order valence-electron chi connectivity index (χ0n) is 17.6. The zero-order valence-corrected chi connectivity index (χ0v) is 19.9. The summed E-state index contributed by atoms with van der Waals surface area (Å²) in [6.45, 7) is 5.64. The van der Waals surface area contributed by atoms with Gasteiger partial charge < -0.3 is 15.5 Å². The van der Waals surface area contributed by atoms with Gasteiger partial charge >= 0.3 is 0 Å². The van der Waals surface area contributed by atoms with Crippen molar-refractivity contribution in [3.8, 4) is 0 Å². The second-order valence-electron chi connectivity index (χ2n) is 7.24. The second-order valence-corrected chi connectivity index (χ2v) is 7.24. The number of carbonyl (C=O) groups excluding carboxylic acids is 1. The van der Waals surface area contributed by atoms with E-state index in [-0.39, 0.29) is 36.4 Å². The molecular weight excluding hydrogens is 489 g/mol. The van der Waals surface area contributed by atoms with Crippen molar-refractivity contribution in [3.05, 3.63) is 71.8 Å². The van der Waals surface area contributed by atoms with Crippen molar-refractivity contribution in [3.63, 3.8) is 0 Å². The van der Waals surface area contributed by atoms with Crippen molar-refractivity contribution in [2.24, 2.45) is 4.99 Å². The number of guanidine groups is 1. The quantitative estimate of drug-likeness (QED) is 0.334. The van der Waals surface area contributed by atoms with Gasteiger partial charge in [-0.2, -0.15) is 0 Å². The number of hydrogen-bond acceptors (Lipinski definition) is 3. The van der Waals surface area contributed by atoms with E-state index in [4.69, 9.17) is 0 Å². The van der Waals surface area contributed by atoms with Crippen LogP contribution < -0.4 is 10.6 Å². The Morgan fingerprint density at radius 3 is 2.10 bits per heavy atom. The first kappa shape index (κ1) is 24.1. The van der Waals surface area contributed by atoms with Crippen LogP contribution in [0.1, 0.15) is 11.1 Å². The molecule has 0 bridgehead atoms. The molecule has 1 aliphatic rings. The Kier molecular flexibility index (Phi) is 10.6. The van der Waals surface area contributed by atoms with Crippen molar-refractivity contribution in [2.75, 3.05) is 46.3 Å². The highest BCUT2D eigenvalue weighted by Gasteiger charge is 2.19. The van der Waals surface area contributed by atoms with E-state index in [0.29, 0.717) is 6.54 Å². The Morgan fingerprint density at radius 1 is 0.900 bits per heavy atom. The third kappa shape index (κ3) is 7.95. The Labute approximate surface area is 196 Å². The molecule has 2 aromatic rings. The summed E-state index contributed by atoms with van der Waals surface area (Å²) in [6.07, 6.45) is 0.838. The highest BCUT2D eigenvalue weighted by atomic mass is 127. The van der Waals surface area contributed by atoms with Crippen LogP contribution in [0.2, 0.25) is 0 Å². The first-order valence-corrected chi connectivity index (χ1v) is 10.3. The van der Waals surface area contributed by atoms with E-state index < -0.39 is 0 Å². The van der Waals surface area contributed by atoms with E-state index in [1.807, 2.05) is 18.2 Å². The summed E-state index contributed by atoms with van der Waals surface area (Å²) in [5.41, 5.74) is 2.57. The van der Waals surface area contributed by atoms with E-state index in [1.54, 1.807) is 7.05 Å². The maximum atomic E-state index is 12.1. The van der Waals surface area contributed by atoms with Gasteiger partial charge in [-0.3, -0.25) is 14.7 Å². The number of aliphatic imine (C=N–C) groups is 1. The van der Waals surface area contributed by atoms with Crippen LogP contribution >= 0.6 is 24.0 Å². The number of halogens is 1. The van der Waals surface area contributed by atoms with Gasteiger partial charge in [0.1, 0.15) is 0 Å². The molecule has 3 rings (SSSR count). The molecule has 0 aliphatic carbocycles. The van der Waals surface area contributed by atoms with Crippen molar-refractivity contribution in [2.45, 2.75) is 13.0 Å². The minimum atomic E-state index is -0.00945. The van der Waals surface area contributed by atoms with Crippen LogP contribution in [0.3, 0.4) is 0 Å².